The largest absolute Gasteiger partial charge is 0.280 e. The molecule has 0 N–H and O–H groups in total. The Bertz CT molecular complexity index is 1270. The van der Waals surface area contributed by atoms with Gasteiger partial charge in [-0.2, -0.15) is 0 Å². The smallest absolute Gasteiger partial charge is 0.101 e. The molecule has 0 saturated heterocycles. The van der Waals surface area contributed by atoms with Crippen LogP contribution in [0.25, 0.3) is 10.8 Å². The average Bonchev–Trinajstić information content (AvgIpc) is 2.88. The minimum atomic E-state index is -0.0639. The Morgan fingerprint density at radius 1 is 0.486 bits per heavy atom. The number of hydrogen-bond donors (Lipinski definition) is 0. The predicted molar refractivity (Wildman–Crippen MR) is 163 cm³/mol. The van der Waals surface area contributed by atoms with Crippen LogP contribution in [0.1, 0.15) is 124 Å². The quantitative estimate of drug-likeness (QED) is 0.218. The zero-order valence-corrected chi connectivity index (χ0v) is 23.9. The van der Waals surface area contributed by atoms with E-state index in [1.807, 2.05) is 0 Å². The number of benzene rings is 4. The van der Waals surface area contributed by atoms with Crippen LogP contribution in [-0.4, -0.2) is 6.21 Å². The predicted octanol–water partition coefficient (Wildman–Crippen LogP) is 10.5. The van der Waals surface area contributed by atoms with E-state index in [-0.39, 0.29) is 6.04 Å². The molecule has 0 atom stereocenters. The van der Waals surface area contributed by atoms with E-state index < -0.39 is 0 Å². The van der Waals surface area contributed by atoms with Crippen molar-refractivity contribution < 1.29 is 0 Å². The summed E-state index contributed by atoms with van der Waals surface area (Å²) in [5, 5.41) is 2.49. The standard InChI is InChI=1S/C36H43N/c1-23(2)29-18-12-19-30(24(3)4)34(29)36(35-31(25(5)6)20-13-21-32(35)26(7)8)37-22-28-16-11-15-27-14-9-10-17-33(27)28/h9-26,36H,1-8H3. The summed E-state index contributed by atoms with van der Waals surface area (Å²) in [6, 6.07) is 28.8. The van der Waals surface area contributed by atoms with E-state index in [4.69, 9.17) is 4.99 Å². The first kappa shape index (κ1) is 26.9. The molecule has 4 aromatic rings. The summed E-state index contributed by atoms with van der Waals surface area (Å²) in [6.07, 6.45) is 2.13. The molecule has 0 amide bonds. The second-order valence-electron chi connectivity index (χ2n) is 11.6. The van der Waals surface area contributed by atoms with Crippen molar-refractivity contribution in [3.8, 4) is 0 Å². The SMILES string of the molecule is CC(C)c1cccc(C(C)C)c1C(N=Cc1cccc2ccccc12)c1c(C(C)C)cccc1C(C)C. The van der Waals surface area contributed by atoms with E-state index in [1.54, 1.807) is 0 Å². The van der Waals surface area contributed by atoms with Gasteiger partial charge in [0.2, 0.25) is 0 Å². The summed E-state index contributed by atoms with van der Waals surface area (Å²) in [5.74, 6) is 1.66. The van der Waals surface area contributed by atoms with Crippen molar-refractivity contribution in [1.82, 2.24) is 0 Å². The molecule has 1 heteroatoms. The van der Waals surface area contributed by atoms with Gasteiger partial charge >= 0.3 is 0 Å². The van der Waals surface area contributed by atoms with Gasteiger partial charge in [0.15, 0.2) is 0 Å². The Kier molecular flexibility index (Phi) is 8.32. The summed E-state index contributed by atoms with van der Waals surface area (Å²) >= 11 is 0. The fourth-order valence-corrected chi connectivity index (χ4v) is 5.66. The highest BCUT2D eigenvalue weighted by Gasteiger charge is 2.28. The monoisotopic (exact) mass is 489 g/mol. The van der Waals surface area contributed by atoms with Gasteiger partial charge in [-0.15, -0.1) is 0 Å². The molecule has 0 saturated carbocycles. The molecule has 37 heavy (non-hydrogen) atoms. The van der Waals surface area contributed by atoms with Crippen molar-refractivity contribution in [2.45, 2.75) is 85.1 Å². The Morgan fingerprint density at radius 3 is 1.35 bits per heavy atom. The third-order valence-electron chi connectivity index (χ3n) is 7.57. The Hall–Kier alpha value is -3.19. The van der Waals surface area contributed by atoms with Gasteiger partial charge in [-0.1, -0.05) is 134 Å². The lowest BCUT2D eigenvalue weighted by atomic mass is 9.78. The maximum atomic E-state index is 5.53. The molecule has 0 heterocycles. The fourth-order valence-electron chi connectivity index (χ4n) is 5.66. The minimum absolute atomic E-state index is 0.0639. The van der Waals surface area contributed by atoms with Crippen molar-refractivity contribution in [1.29, 1.82) is 0 Å². The van der Waals surface area contributed by atoms with E-state index in [0.29, 0.717) is 23.7 Å². The molecule has 0 radical (unpaired) electrons. The molecule has 4 rings (SSSR count). The van der Waals surface area contributed by atoms with Crippen LogP contribution in [0, 0.1) is 0 Å². The second kappa shape index (κ2) is 11.5. The molecule has 4 aromatic carbocycles. The van der Waals surface area contributed by atoms with Crippen LogP contribution < -0.4 is 0 Å². The van der Waals surface area contributed by atoms with Gasteiger partial charge in [-0.25, -0.2) is 0 Å². The lowest BCUT2D eigenvalue weighted by molar-refractivity contribution is 0.718. The molecule has 192 valence electrons. The summed E-state index contributed by atoms with van der Waals surface area (Å²) in [4.78, 5) is 5.53. The van der Waals surface area contributed by atoms with E-state index >= 15 is 0 Å². The molecule has 0 aliphatic heterocycles. The number of nitrogens with zero attached hydrogens (tertiary/aromatic N) is 1. The maximum absolute atomic E-state index is 5.53. The molecule has 0 aromatic heterocycles. The van der Waals surface area contributed by atoms with Crippen molar-refractivity contribution in [3.05, 3.63) is 118 Å². The highest BCUT2D eigenvalue weighted by atomic mass is 14.8. The fraction of sp³-hybridized carbons (Fsp3) is 0.361. The summed E-state index contributed by atoms with van der Waals surface area (Å²) in [7, 11) is 0. The molecule has 0 spiro atoms. The third-order valence-corrected chi connectivity index (χ3v) is 7.57. The van der Waals surface area contributed by atoms with Crippen molar-refractivity contribution in [2.24, 2.45) is 4.99 Å². The van der Waals surface area contributed by atoms with Gasteiger partial charge in [0.25, 0.3) is 0 Å². The van der Waals surface area contributed by atoms with Crippen LogP contribution in [0.15, 0.2) is 83.9 Å². The van der Waals surface area contributed by atoms with Crippen LogP contribution >= 0.6 is 0 Å². The normalized spacial score (nSPS) is 12.4. The molecular formula is C36H43N. The molecular weight excluding hydrogens is 446 g/mol. The van der Waals surface area contributed by atoms with Gasteiger partial charge in [-0.3, -0.25) is 4.99 Å². The van der Waals surface area contributed by atoms with Crippen LogP contribution in [0.2, 0.25) is 0 Å². The first-order valence-corrected chi connectivity index (χ1v) is 14.0. The maximum Gasteiger partial charge on any atom is 0.101 e. The van der Waals surface area contributed by atoms with E-state index in [0.717, 1.165) is 0 Å². The molecule has 1 nitrogen and oxygen atoms in total. The second-order valence-corrected chi connectivity index (χ2v) is 11.6. The molecule has 0 aliphatic rings. The molecule has 0 aliphatic carbocycles. The van der Waals surface area contributed by atoms with Crippen molar-refractivity contribution in [2.75, 3.05) is 0 Å². The van der Waals surface area contributed by atoms with Crippen LogP contribution in [-0.2, 0) is 0 Å². The van der Waals surface area contributed by atoms with Crippen LogP contribution in [0.3, 0.4) is 0 Å². The number of hydrogen-bond acceptors (Lipinski definition) is 1. The third kappa shape index (κ3) is 5.57. The molecule has 0 unspecified atom stereocenters. The van der Waals surface area contributed by atoms with Crippen molar-refractivity contribution in [3.63, 3.8) is 0 Å². The van der Waals surface area contributed by atoms with Gasteiger partial charge in [0, 0.05) is 11.8 Å². The van der Waals surface area contributed by atoms with E-state index in [2.05, 4.69) is 140 Å². The minimum Gasteiger partial charge on any atom is -0.280 e. The molecule has 0 fully saturated rings. The topological polar surface area (TPSA) is 12.4 Å². The first-order valence-electron chi connectivity index (χ1n) is 14.0. The van der Waals surface area contributed by atoms with Gasteiger partial charge in [-0.05, 0) is 67.8 Å². The zero-order chi connectivity index (χ0) is 26.7. The Morgan fingerprint density at radius 2 is 0.892 bits per heavy atom. The lowest BCUT2D eigenvalue weighted by Gasteiger charge is -2.30. The lowest BCUT2D eigenvalue weighted by Crippen LogP contribution is -2.14. The number of rotatable bonds is 8. The van der Waals surface area contributed by atoms with Gasteiger partial charge in [0.05, 0.1) is 0 Å². The first-order chi connectivity index (χ1) is 17.7. The summed E-state index contributed by atoms with van der Waals surface area (Å²) in [5.41, 5.74) is 9.56. The summed E-state index contributed by atoms with van der Waals surface area (Å²) < 4.78 is 0. The average molecular weight is 490 g/mol. The Balaban J connectivity index is 2.07. The highest BCUT2D eigenvalue weighted by molar-refractivity contribution is 5.99. The highest BCUT2D eigenvalue weighted by Crippen LogP contribution is 2.43. The van der Waals surface area contributed by atoms with Crippen LogP contribution in [0.5, 0.6) is 0 Å². The van der Waals surface area contributed by atoms with E-state index in [1.165, 1.54) is 49.7 Å². The van der Waals surface area contributed by atoms with E-state index in [9.17, 15) is 0 Å². The zero-order valence-electron chi connectivity index (χ0n) is 23.9. The summed E-state index contributed by atoms with van der Waals surface area (Å²) in [6.45, 7) is 18.5. The van der Waals surface area contributed by atoms with Crippen molar-refractivity contribution >= 4 is 17.0 Å². The molecule has 0 bridgehead atoms. The Labute approximate surface area is 224 Å². The number of aliphatic imine (C=N–C) groups is 1. The van der Waals surface area contributed by atoms with Gasteiger partial charge in [0.1, 0.15) is 6.04 Å². The number of fused-ring (bicyclic) bond motifs is 1. The van der Waals surface area contributed by atoms with Gasteiger partial charge < -0.3 is 0 Å². The van der Waals surface area contributed by atoms with Crippen LogP contribution in [0.4, 0.5) is 0 Å².